The van der Waals surface area contributed by atoms with Gasteiger partial charge in [0, 0.05) is 25.7 Å². The van der Waals surface area contributed by atoms with Crippen LogP contribution in [0.15, 0.2) is 12.1 Å². The minimum absolute atomic E-state index is 0.108. The van der Waals surface area contributed by atoms with Gasteiger partial charge in [0.1, 0.15) is 17.1 Å². The summed E-state index contributed by atoms with van der Waals surface area (Å²) < 4.78 is 38.3. The molecular weight excluding hydrogens is 287 g/mol. The van der Waals surface area contributed by atoms with Crippen molar-refractivity contribution in [3.05, 3.63) is 23.4 Å². The number of carboxylic acids is 1. The third-order valence-electron chi connectivity index (χ3n) is 3.66. The second-order valence-corrected chi connectivity index (χ2v) is 5.15. The standard InChI is InChI=1S/C13H16F3N3O2/c1-8-7-19(6-5-18(8)2)11-9(12(20)21)3-4-10(17-11)13(14,15)16/h3-4,8H,5-7H2,1-2H3,(H,20,21). The lowest BCUT2D eigenvalue weighted by Gasteiger charge is -2.38. The van der Waals surface area contributed by atoms with E-state index in [2.05, 4.69) is 9.88 Å². The van der Waals surface area contributed by atoms with Crippen LogP contribution in [0, 0.1) is 0 Å². The number of pyridine rings is 1. The molecule has 0 radical (unpaired) electrons. The lowest BCUT2D eigenvalue weighted by Crippen LogP contribution is -2.50. The molecule has 8 heteroatoms. The number of aromatic nitrogens is 1. The number of anilines is 1. The van der Waals surface area contributed by atoms with Gasteiger partial charge in [-0.1, -0.05) is 0 Å². The monoisotopic (exact) mass is 303 g/mol. The molecule has 116 valence electrons. The summed E-state index contributed by atoms with van der Waals surface area (Å²) in [7, 11) is 1.92. The van der Waals surface area contributed by atoms with Crippen LogP contribution in [0.3, 0.4) is 0 Å². The van der Waals surface area contributed by atoms with Crippen molar-refractivity contribution in [1.82, 2.24) is 9.88 Å². The number of halogens is 3. The predicted molar refractivity (Wildman–Crippen MR) is 70.5 cm³/mol. The third-order valence-corrected chi connectivity index (χ3v) is 3.66. The summed E-state index contributed by atoms with van der Waals surface area (Å²) in [6, 6.07) is 1.78. The summed E-state index contributed by atoms with van der Waals surface area (Å²) in [5.74, 6) is -1.39. The average Bonchev–Trinajstić information content (AvgIpc) is 2.40. The highest BCUT2D eigenvalue weighted by Crippen LogP contribution is 2.31. The lowest BCUT2D eigenvalue weighted by molar-refractivity contribution is -0.141. The maximum Gasteiger partial charge on any atom is 0.433 e. The van der Waals surface area contributed by atoms with Gasteiger partial charge in [0.2, 0.25) is 0 Å². The van der Waals surface area contributed by atoms with Crippen molar-refractivity contribution in [2.45, 2.75) is 19.1 Å². The Bertz CT molecular complexity index is 548. The van der Waals surface area contributed by atoms with Crippen LogP contribution in [0.25, 0.3) is 0 Å². The van der Waals surface area contributed by atoms with E-state index < -0.39 is 17.8 Å². The third kappa shape index (κ3) is 3.26. The summed E-state index contributed by atoms with van der Waals surface area (Å²) >= 11 is 0. The number of hydrogen-bond acceptors (Lipinski definition) is 4. The van der Waals surface area contributed by atoms with Gasteiger partial charge in [0.15, 0.2) is 0 Å². The zero-order valence-electron chi connectivity index (χ0n) is 11.7. The Labute approximate surface area is 120 Å². The van der Waals surface area contributed by atoms with Crippen LogP contribution in [0.2, 0.25) is 0 Å². The van der Waals surface area contributed by atoms with E-state index >= 15 is 0 Å². The van der Waals surface area contributed by atoms with E-state index in [0.717, 1.165) is 6.07 Å². The predicted octanol–water partition coefficient (Wildman–Crippen LogP) is 1.94. The zero-order valence-corrected chi connectivity index (χ0v) is 11.7. The van der Waals surface area contributed by atoms with Crippen molar-refractivity contribution >= 4 is 11.8 Å². The van der Waals surface area contributed by atoms with Crippen LogP contribution in [-0.4, -0.2) is 53.7 Å². The first-order valence-corrected chi connectivity index (χ1v) is 6.47. The normalized spacial score (nSPS) is 20.6. The number of aromatic carboxylic acids is 1. The van der Waals surface area contributed by atoms with E-state index in [-0.39, 0.29) is 17.4 Å². The van der Waals surface area contributed by atoms with E-state index in [4.69, 9.17) is 5.11 Å². The molecule has 0 spiro atoms. The fourth-order valence-corrected chi connectivity index (χ4v) is 2.26. The molecule has 0 bridgehead atoms. The highest BCUT2D eigenvalue weighted by atomic mass is 19.4. The van der Waals surface area contributed by atoms with Gasteiger partial charge < -0.3 is 14.9 Å². The van der Waals surface area contributed by atoms with E-state index in [1.54, 1.807) is 4.90 Å². The second kappa shape index (κ2) is 5.51. The number of alkyl halides is 3. The molecule has 0 aliphatic carbocycles. The lowest BCUT2D eigenvalue weighted by atomic mass is 10.1. The van der Waals surface area contributed by atoms with Crippen molar-refractivity contribution in [2.75, 3.05) is 31.6 Å². The molecule has 1 aliphatic rings. The zero-order chi connectivity index (χ0) is 15.8. The molecule has 21 heavy (non-hydrogen) atoms. The Hall–Kier alpha value is -1.83. The van der Waals surface area contributed by atoms with Crippen molar-refractivity contribution in [3.8, 4) is 0 Å². The van der Waals surface area contributed by atoms with Crippen molar-refractivity contribution in [1.29, 1.82) is 0 Å². The number of carbonyl (C=O) groups is 1. The second-order valence-electron chi connectivity index (χ2n) is 5.15. The van der Waals surface area contributed by atoms with E-state index in [1.165, 1.54) is 0 Å². The van der Waals surface area contributed by atoms with E-state index in [1.807, 2.05) is 14.0 Å². The number of carboxylic acid groups (broad SMARTS) is 1. The molecule has 1 atom stereocenters. The highest BCUT2D eigenvalue weighted by Gasteiger charge is 2.35. The van der Waals surface area contributed by atoms with Crippen LogP contribution < -0.4 is 4.90 Å². The van der Waals surface area contributed by atoms with Gasteiger partial charge in [-0.2, -0.15) is 13.2 Å². The molecule has 0 saturated carbocycles. The summed E-state index contributed by atoms with van der Waals surface area (Å²) in [4.78, 5) is 18.4. The van der Waals surface area contributed by atoms with Gasteiger partial charge in [-0.3, -0.25) is 0 Å². The van der Waals surface area contributed by atoms with Gasteiger partial charge in [-0.15, -0.1) is 0 Å². The highest BCUT2D eigenvalue weighted by molar-refractivity contribution is 5.93. The number of rotatable bonds is 2. The first kappa shape index (κ1) is 15.6. The fourth-order valence-electron chi connectivity index (χ4n) is 2.26. The Kier molecular flexibility index (Phi) is 4.08. The Morgan fingerprint density at radius 1 is 1.38 bits per heavy atom. The van der Waals surface area contributed by atoms with Gasteiger partial charge >= 0.3 is 12.1 Å². The molecule has 5 nitrogen and oxygen atoms in total. The molecule has 1 unspecified atom stereocenters. The Balaban J connectivity index is 2.42. The smallest absolute Gasteiger partial charge is 0.433 e. The molecule has 1 aromatic heterocycles. The Morgan fingerprint density at radius 2 is 2.05 bits per heavy atom. The fraction of sp³-hybridized carbons (Fsp3) is 0.538. The quantitative estimate of drug-likeness (QED) is 0.905. The molecule has 1 aromatic rings. The van der Waals surface area contributed by atoms with Gasteiger partial charge in [0.25, 0.3) is 0 Å². The summed E-state index contributed by atoms with van der Waals surface area (Å²) in [5, 5.41) is 9.15. The van der Waals surface area contributed by atoms with Gasteiger partial charge in [0.05, 0.1) is 0 Å². The molecule has 1 fully saturated rings. The van der Waals surface area contributed by atoms with Crippen LogP contribution in [0.4, 0.5) is 19.0 Å². The van der Waals surface area contributed by atoms with Crippen LogP contribution >= 0.6 is 0 Å². The topological polar surface area (TPSA) is 56.7 Å². The van der Waals surface area contributed by atoms with Gasteiger partial charge in [-0.05, 0) is 26.1 Å². The molecule has 1 saturated heterocycles. The summed E-state index contributed by atoms with van der Waals surface area (Å²) in [6.45, 7) is 3.44. The SMILES string of the molecule is CC1CN(c2nc(C(F)(F)F)ccc2C(=O)O)CCN1C. The first-order chi connectivity index (χ1) is 9.70. The maximum absolute atomic E-state index is 12.8. The van der Waals surface area contributed by atoms with Crippen LogP contribution in [-0.2, 0) is 6.18 Å². The molecule has 1 N–H and O–H groups in total. The average molecular weight is 303 g/mol. The number of piperazine rings is 1. The number of likely N-dealkylation sites (N-methyl/N-ethyl adjacent to an activating group) is 1. The minimum Gasteiger partial charge on any atom is -0.478 e. The minimum atomic E-state index is -4.59. The summed E-state index contributed by atoms with van der Waals surface area (Å²) in [6.07, 6.45) is -4.59. The molecule has 2 heterocycles. The van der Waals surface area contributed by atoms with Gasteiger partial charge in [-0.25, -0.2) is 9.78 Å². The molecule has 2 rings (SSSR count). The molecular formula is C13H16F3N3O2. The van der Waals surface area contributed by atoms with Crippen molar-refractivity contribution in [2.24, 2.45) is 0 Å². The van der Waals surface area contributed by atoms with Crippen LogP contribution in [0.5, 0.6) is 0 Å². The van der Waals surface area contributed by atoms with Crippen LogP contribution in [0.1, 0.15) is 23.0 Å². The number of hydrogen-bond donors (Lipinski definition) is 1. The van der Waals surface area contributed by atoms with Crippen molar-refractivity contribution in [3.63, 3.8) is 0 Å². The maximum atomic E-state index is 12.8. The van der Waals surface area contributed by atoms with Crippen molar-refractivity contribution < 1.29 is 23.1 Å². The first-order valence-electron chi connectivity index (χ1n) is 6.47. The molecule has 1 aliphatic heterocycles. The molecule has 0 amide bonds. The van der Waals surface area contributed by atoms with E-state index in [0.29, 0.717) is 25.7 Å². The van der Waals surface area contributed by atoms with E-state index in [9.17, 15) is 18.0 Å². The molecule has 0 aromatic carbocycles. The largest absolute Gasteiger partial charge is 0.478 e. The Morgan fingerprint density at radius 3 is 2.57 bits per heavy atom. The number of nitrogens with zero attached hydrogens (tertiary/aromatic N) is 3. The summed E-state index contributed by atoms with van der Waals surface area (Å²) in [5.41, 5.74) is -1.28.